The number of para-hydroxylation sites is 1. The Labute approximate surface area is 198 Å². The molecule has 0 aliphatic rings. The van der Waals surface area contributed by atoms with E-state index < -0.39 is 5.97 Å². The third kappa shape index (κ3) is 5.18. The number of carbonyl (C=O) groups is 2. The molecule has 6 heteroatoms. The zero-order valence-electron chi connectivity index (χ0n) is 19.3. The molecule has 0 aliphatic heterocycles. The van der Waals surface area contributed by atoms with Crippen LogP contribution in [0.4, 0.5) is 5.69 Å². The van der Waals surface area contributed by atoms with Gasteiger partial charge in [0.25, 0.3) is 0 Å². The Morgan fingerprint density at radius 1 is 1.00 bits per heavy atom. The van der Waals surface area contributed by atoms with Gasteiger partial charge in [-0.2, -0.15) is 0 Å². The largest absolute Gasteiger partial charge is 0.478 e. The van der Waals surface area contributed by atoms with Gasteiger partial charge in [-0.1, -0.05) is 68.4 Å². The second kappa shape index (κ2) is 10.4. The molecule has 34 heavy (non-hydrogen) atoms. The molecule has 0 spiro atoms. The van der Waals surface area contributed by atoms with Gasteiger partial charge in [-0.3, -0.25) is 4.79 Å². The number of nitrogens with one attached hydrogen (secondary N) is 1. The number of rotatable bonds is 9. The summed E-state index contributed by atoms with van der Waals surface area (Å²) in [6.07, 6.45) is 2.01. The molecule has 0 bridgehead atoms. The summed E-state index contributed by atoms with van der Waals surface area (Å²) < 4.78 is 7.65. The number of amides is 1. The van der Waals surface area contributed by atoms with Crippen molar-refractivity contribution >= 4 is 28.5 Å². The van der Waals surface area contributed by atoms with Gasteiger partial charge in [0.2, 0.25) is 5.91 Å². The van der Waals surface area contributed by atoms with Crippen LogP contribution in [0.15, 0.2) is 79.0 Å². The number of carboxylic acids is 1. The van der Waals surface area contributed by atoms with Gasteiger partial charge in [0.1, 0.15) is 6.61 Å². The van der Waals surface area contributed by atoms with E-state index in [0.717, 1.165) is 33.3 Å². The minimum atomic E-state index is -0.967. The van der Waals surface area contributed by atoms with Crippen molar-refractivity contribution in [1.29, 1.82) is 0 Å². The fourth-order valence-corrected chi connectivity index (χ4v) is 4.09. The molecule has 2 N–H and O–H groups in total. The number of hydrogen-bond acceptors (Lipinski definition) is 3. The summed E-state index contributed by atoms with van der Waals surface area (Å²) in [6.45, 7) is 4.92. The average Bonchev–Trinajstić information content (AvgIpc) is 3.20. The van der Waals surface area contributed by atoms with Crippen LogP contribution in [0.25, 0.3) is 22.0 Å². The van der Waals surface area contributed by atoms with E-state index in [1.165, 1.54) is 0 Å². The topological polar surface area (TPSA) is 80.6 Å². The van der Waals surface area contributed by atoms with E-state index in [9.17, 15) is 14.7 Å². The Hall–Kier alpha value is -3.90. The minimum Gasteiger partial charge on any atom is -0.478 e. The van der Waals surface area contributed by atoms with Crippen molar-refractivity contribution in [2.45, 2.75) is 26.3 Å². The fourth-order valence-electron chi connectivity index (χ4n) is 4.09. The molecule has 0 unspecified atom stereocenters. The molecule has 4 aromatic rings. The van der Waals surface area contributed by atoms with Crippen LogP contribution in [0.2, 0.25) is 0 Å². The van der Waals surface area contributed by atoms with Gasteiger partial charge in [0.15, 0.2) is 0 Å². The average molecular weight is 457 g/mol. The molecule has 0 atom stereocenters. The maximum absolute atomic E-state index is 12.4. The zero-order chi connectivity index (χ0) is 24.1. The quantitative estimate of drug-likeness (QED) is 0.313. The minimum absolute atomic E-state index is 0.0580. The van der Waals surface area contributed by atoms with Gasteiger partial charge in [-0.15, -0.1) is 0 Å². The van der Waals surface area contributed by atoms with Gasteiger partial charge in [0.05, 0.1) is 12.2 Å². The number of carboxylic acid groups (broad SMARTS) is 1. The summed E-state index contributed by atoms with van der Waals surface area (Å²) in [5.41, 5.74) is 5.01. The number of fused-ring (bicyclic) bond motifs is 1. The molecule has 1 heterocycles. The molecular weight excluding hydrogens is 428 g/mol. The molecule has 1 aromatic heterocycles. The second-order valence-corrected chi connectivity index (χ2v) is 8.48. The second-order valence-electron chi connectivity index (χ2n) is 8.48. The van der Waals surface area contributed by atoms with Crippen LogP contribution < -0.4 is 5.32 Å². The van der Waals surface area contributed by atoms with Gasteiger partial charge in [0, 0.05) is 34.9 Å². The Kier molecular flexibility index (Phi) is 7.09. The monoisotopic (exact) mass is 456 g/mol. The highest BCUT2D eigenvalue weighted by atomic mass is 16.5. The summed E-state index contributed by atoms with van der Waals surface area (Å²) >= 11 is 0. The van der Waals surface area contributed by atoms with Crippen molar-refractivity contribution in [1.82, 2.24) is 4.57 Å². The Morgan fingerprint density at radius 2 is 1.74 bits per heavy atom. The van der Waals surface area contributed by atoms with Crippen LogP contribution in [0.1, 0.15) is 35.7 Å². The molecule has 0 aliphatic carbocycles. The Bertz CT molecular complexity index is 1310. The first-order valence-corrected chi connectivity index (χ1v) is 11.3. The summed E-state index contributed by atoms with van der Waals surface area (Å²) in [7, 11) is 0. The first-order valence-electron chi connectivity index (χ1n) is 11.3. The lowest BCUT2D eigenvalue weighted by Crippen LogP contribution is -2.20. The smallest absolute Gasteiger partial charge is 0.335 e. The highest BCUT2D eigenvalue weighted by Gasteiger charge is 2.14. The lowest BCUT2D eigenvalue weighted by atomic mass is 10.0. The van der Waals surface area contributed by atoms with Crippen molar-refractivity contribution in [2.24, 2.45) is 0 Å². The van der Waals surface area contributed by atoms with Gasteiger partial charge in [-0.05, 0) is 35.2 Å². The maximum Gasteiger partial charge on any atom is 0.335 e. The van der Waals surface area contributed by atoms with Crippen LogP contribution >= 0.6 is 0 Å². The number of anilines is 1. The lowest BCUT2D eigenvalue weighted by Gasteiger charge is -2.13. The van der Waals surface area contributed by atoms with Crippen LogP contribution in [0.3, 0.4) is 0 Å². The van der Waals surface area contributed by atoms with Crippen molar-refractivity contribution in [3.63, 3.8) is 0 Å². The molecule has 0 radical (unpaired) electrons. The Balaban J connectivity index is 1.45. The molecule has 4 rings (SSSR count). The Morgan fingerprint density at radius 3 is 2.47 bits per heavy atom. The number of carbonyl (C=O) groups excluding carboxylic acids is 1. The predicted octanol–water partition coefficient (Wildman–Crippen LogP) is 5.79. The van der Waals surface area contributed by atoms with Crippen LogP contribution in [0.5, 0.6) is 0 Å². The summed E-state index contributed by atoms with van der Waals surface area (Å²) in [4.78, 5) is 23.9. The molecule has 6 nitrogen and oxygen atoms in total. The number of nitrogens with zero attached hydrogens (tertiary/aromatic N) is 1. The summed E-state index contributed by atoms with van der Waals surface area (Å²) in [5.74, 6) is -0.872. The van der Waals surface area contributed by atoms with E-state index in [2.05, 4.69) is 19.2 Å². The van der Waals surface area contributed by atoms with Crippen molar-refractivity contribution in [3.05, 3.63) is 90.1 Å². The predicted molar refractivity (Wildman–Crippen MR) is 134 cm³/mol. The maximum atomic E-state index is 12.4. The SMILES string of the molecule is CC(C)c1ccccc1NC(=O)COCCn1cc(-c2ccccc2)c2ccc(C(=O)O)cc21. The first kappa shape index (κ1) is 23.3. The van der Waals surface area contributed by atoms with Gasteiger partial charge < -0.3 is 19.7 Å². The van der Waals surface area contributed by atoms with E-state index in [1.807, 2.05) is 71.4 Å². The first-order chi connectivity index (χ1) is 16.4. The normalized spacial score (nSPS) is 11.1. The number of aromatic carboxylic acids is 1. The molecular formula is C28H28N2O4. The van der Waals surface area contributed by atoms with E-state index >= 15 is 0 Å². The molecule has 3 aromatic carbocycles. The molecule has 0 fully saturated rings. The van der Waals surface area contributed by atoms with Crippen molar-refractivity contribution < 1.29 is 19.4 Å². The third-order valence-corrected chi connectivity index (χ3v) is 5.78. The molecule has 174 valence electrons. The molecule has 0 saturated heterocycles. The van der Waals surface area contributed by atoms with Gasteiger partial charge in [-0.25, -0.2) is 4.79 Å². The highest BCUT2D eigenvalue weighted by molar-refractivity contribution is 6.00. The third-order valence-electron chi connectivity index (χ3n) is 5.78. The van der Waals surface area contributed by atoms with E-state index in [-0.39, 0.29) is 18.1 Å². The standard InChI is InChI=1S/C28H28N2O4/c1-19(2)22-10-6-7-11-25(22)29-27(31)18-34-15-14-30-17-24(20-8-4-3-5-9-20)23-13-12-21(28(32)33)16-26(23)30/h3-13,16-17,19H,14-15,18H2,1-2H3,(H,29,31)(H,32,33). The molecule has 0 saturated carbocycles. The van der Waals surface area contributed by atoms with E-state index in [1.54, 1.807) is 12.1 Å². The van der Waals surface area contributed by atoms with Crippen molar-refractivity contribution in [3.8, 4) is 11.1 Å². The molecule has 1 amide bonds. The summed E-state index contributed by atoms with van der Waals surface area (Å²) in [6, 6.07) is 22.9. The van der Waals surface area contributed by atoms with E-state index in [4.69, 9.17) is 4.74 Å². The van der Waals surface area contributed by atoms with Gasteiger partial charge >= 0.3 is 5.97 Å². The number of aromatic nitrogens is 1. The van der Waals surface area contributed by atoms with E-state index in [0.29, 0.717) is 19.1 Å². The zero-order valence-corrected chi connectivity index (χ0v) is 19.3. The number of hydrogen-bond donors (Lipinski definition) is 2. The number of ether oxygens (including phenoxy) is 1. The highest BCUT2D eigenvalue weighted by Crippen LogP contribution is 2.31. The van der Waals surface area contributed by atoms with Crippen LogP contribution in [0, 0.1) is 0 Å². The summed E-state index contributed by atoms with van der Waals surface area (Å²) in [5, 5.41) is 13.3. The number of benzene rings is 3. The van der Waals surface area contributed by atoms with Crippen molar-refractivity contribution in [2.75, 3.05) is 18.5 Å². The van der Waals surface area contributed by atoms with Crippen LogP contribution in [-0.2, 0) is 16.1 Å². The lowest BCUT2D eigenvalue weighted by molar-refractivity contribution is -0.120. The fraction of sp³-hybridized carbons (Fsp3) is 0.214. The van der Waals surface area contributed by atoms with Crippen LogP contribution in [-0.4, -0.2) is 34.8 Å².